The number of aldehydes is 1. The molecule has 1 aromatic carbocycles. The maximum atomic E-state index is 10.7. The Morgan fingerprint density at radius 2 is 2.18 bits per heavy atom. The van der Waals surface area contributed by atoms with Crippen molar-refractivity contribution >= 4 is 12.3 Å². The molecule has 0 aliphatic heterocycles. The van der Waals surface area contributed by atoms with Crippen LogP contribution in [0.4, 0.5) is 0 Å². The Labute approximate surface area is 97.1 Å². The van der Waals surface area contributed by atoms with Crippen LogP contribution in [0.3, 0.4) is 0 Å². The van der Waals surface area contributed by atoms with Crippen molar-refractivity contribution in [3.63, 3.8) is 0 Å². The minimum atomic E-state index is -2.40. The molecule has 1 rings (SSSR count). The van der Waals surface area contributed by atoms with Gasteiger partial charge in [0.2, 0.25) is 11.9 Å². The van der Waals surface area contributed by atoms with Crippen LogP contribution in [0.2, 0.25) is 0 Å². The monoisotopic (exact) mass is 240 g/mol. The summed E-state index contributed by atoms with van der Waals surface area (Å²) in [6.07, 6.45) is -1.62. The largest absolute Gasteiger partial charge is 0.479 e. The number of ether oxygens (including phenoxy) is 1. The van der Waals surface area contributed by atoms with E-state index in [0.29, 0.717) is 6.29 Å². The molecule has 17 heavy (non-hydrogen) atoms. The van der Waals surface area contributed by atoms with Gasteiger partial charge in [-0.1, -0.05) is 18.2 Å². The second-order valence-corrected chi connectivity index (χ2v) is 3.38. The number of hydrogen-bond acceptors (Lipinski definition) is 5. The van der Waals surface area contributed by atoms with Crippen molar-refractivity contribution in [2.45, 2.75) is 11.9 Å². The van der Waals surface area contributed by atoms with Crippen LogP contribution in [-0.4, -0.2) is 40.8 Å². The van der Waals surface area contributed by atoms with Crippen LogP contribution in [0.5, 0.6) is 0 Å². The highest BCUT2D eigenvalue weighted by Gasteiger charge is 2.42. The summed E-state index contributed by atoms with van der Waals surface area (Å²) in [5.41, 5.74) is 0.218. The van der Waals surface area contributed by atoms with Gasteiger partial charge >= 0.3 is 5.97 Å². The topological polar surface area (TPSA) is 104 Å². The Bertz CT molecular complexity index is 430. The molecule has 0 bridgehead atoms. The fourth-order valence-electron chi connectivity index (χ4n) is 1.39. The van der Waals surface area contributed by atoms with Crippen molar-refractivity contribution in [1.82, 2.24) is 0 Å². The number of carboxylic acids is 1. The minimum absolute atomic E-state index is 0.0144. The Morgan fingerprint density at radius 1 is 1.53 bits per heavy atom. The van der Waals surface area contributed by atoms with Gasteiger partial charge in [-0.3, -0.25) is 4.79 Å². The fourth-order valence-corrected chi connectivity index (χ4v) is 1.39. The normalized spacial score (nSPS) is 15.9. The lowest BCUT2D eigenvalue weighted by molar-refractivity contribution is -0.253. The summed E-state index contributed by atoms with van der Waals surface area (Å²) in [5.74, 6) is -4.03. The Balaban J connectivity index is 3.24. The Hall–Kier alpha value is -1.76. The molecule has 0 radical (unpaired) electrons. The van der Waals surface area contributed by atoms with Gasteiger partial charge in [-0.15, -0.1) is 0 Å². The molecule has 3 N–H and O–H groups in total. The van der Waals surface area contributed by atoms with Crippen molar-refractivity contribution in [2.75, 3.05) is 7.11 Å². The van der Waals surface area contributed by atoms with Crippen LogP contribution in [0, 0.1) is 0 Å². The molecule has 0 aliphatic carbocycles. The molecule has 0 saturated carbocycles. The van der Waals surface area contributed by atoms with E-state index < -0.39 is 17.9 Å². The van der Waals surface area contributed by atoms with Crippen LogP contribution in [-0.2, 0) is 15.3 Å². The van der Waals surface area contributed by atoms with Gasteiger partial charge in [-0.2, -0.15) is 0 Å². The smallest absolute Gasteiger partial charge is 0.338 e. The number of carbonyl (C=O) groups is 2. The number of aliphatic hydroxyl groups is 2. The van der Waals surface area contributed by atoms with E-state index in [4.69, 9.17) is 5.11 Å². The molecule has 1 aromatic rings. The minimum Gasteiger partial charge on any atom is -0.479 e. The average molecular weight is 240 g/mol. The lowest BCUT2D eigenvalue weighted by Gasteiger charge is -2.29. The summed E-state index contributed by atoms with van der Waals surface area (Å²) in [6.45, 7) is 0. The molecule has 0 saturated heterocycles. The number of carbonyl (C=O) groups excluding carboxylic acids is 1. The van der Waals surface area contributed by atoms with E-state index in [1.165, 1.54) is 24.3 Å². The zero-order chi connectivity index (χ0) is 13.1. The zero-order valence-corrected chi connectivity index (χ0v) is 9.03. The highest BCUT2D eigenvalue weighted by Crippen LogP contribution is 2.26. The summed E-state index contributed by atoms with van der Waals surface area (Å²) >= 11 is 0. The predicted octanol–water partition coefficient (Wildman–Crippen LogP) is -0.264. The maximum absolute atomic E-state index is 10.7. The fraction of sp³-hybridized carbons (Fsp3) is 0.273. The van der Waals surface area contributed by atoms with Crippen LogP contribution in [0.1, 0.15) is 15.9 Å². The maximum Gasteiger partial charge on any atom is 0.338 e. The molecule has 2 atom stereocenters. The molecule has 6 heteroatoms. The van der Waals surface area contributed by atoms with Gasteiger partial charge < -0.3 is 20.1 Å². The number of aliphatic hydroxyl groups excluding tert-OH is 1. The lowest BCUT2D eigenvalue weighted by Crippen LogP contribution is -2.46. The van der Waals surface area contributed by atoms with Gasteiger partial charge in [0.25, 0.3) is 0 Å². The SMILES string of the molecule is COC(O)(c1cccc(C=O)c1)C(O)C(=O)O. The number of carboxylic acid groups (broad SMARTS) is 1. The third-order valence-electron chi connectivity index (χ3n) is 2.35. The van der Waals surface area contributed by atoms with Crippen molar-refractivity contribution in [3.05, 3.63) is 35.4 Å². The summed E-state index contributed by atoms with van der Waals surface area (Å²) in [4.78, 5) is 21.2. The van der Waals surface area contributed by atoms with Crippen molar-refractivity contribution in [3.8, 4) is 0 Å². The Morgan fingerprint density at radius 3 is 2.65 bits per heavy atom. The van der Waals surface area contributed by atoms with Crippen molar-refractivity contribution in [2.24, 2.45) is 0 Å². The molecule has 6 nitrogen and oxygen atoms in total. The standard InChI is InChI=1S/C11H12O6/c1-17-11(16,9(13)10(14)15)8-4-2-3-7(5-8)6-12/h2-6,9,13,16H,1H3,(H,14,15). The molecular formula is C11H12O6. The number of benzene rings is 1. The van der Waals surface area contributed by atoms with E-state index >= 15 is 0 Å². The number of methoxy groups -OCH3 is 1. The quantitative estimate of drug-likeness (QED) is 0.483. The molecule has 0 spiro atoms. The third kappa shape index (κ3) is 2.50. The first-order valence-corrected chi connectivity index (χ1v) is 4.70. The van der Waals surface area contributed by atoms with Crippen LogP contribution in [0.25, 0.3) is 0 Å². The van der Waals surface area contributed by atoms with E-state index in [1.54, 1.807) is 0 Å². The second-order valence-electron chi connectivity index (χ2n) is 3.38. The van der Waals surface area contributed by atoms with E-state index in [9.17, 15) is 19.8 Å². The van der Waals surface area contributed by atoms with E-state index in [-0.39, 0.29) is 11.1 Å². The molecule has 92 valence electrons. The molecule has 0 aromatic heterocycles. The second kappa shape index (κ2) is 5.05. The van der Waals surface area contributed by atoms with Crippen LogP contribution >= 0.6 is 0 Å². The summed E-state index contributed by atoms with van der Waals surface area (Å²) in [5, 5.41) is 28.1. The predicted molar refractivity (Wildman–Crippen MR) is 56.4 cm³/mol. The zero-order valence-electron chi connectivity index (χ0n) is 9.03. The van der Waals surface area contributed by atoms with Crippen LogP contribution in [0.15, 0.2) is 24.3 Å². The molecule has 0 amide bonds. The van der Waals surface area contributed by atoms with Crippen LogP contribution < -0.4 is 0 Å². The summed E-state index contributed by atoms with van der Waals surface area (Å²) in [6, 6.07) is 5.50. The Kier molecular flexibility index (Phi) is 3.95. The highest BCUT2D eigenvalue weighted by molar-refractivity contribution is 5.76. The molecule has 0 heterocycles. The summed E-state index contributed by atoms with van der Waals surface area (Å²) < 4.78 is 4.66. The van der Waals surface area contributed by atoms with E-state index in [1.807, 2.05) is 0 Å². The number of aliphatic carboxylic acids is 1. The number of rotatable bonds is 5. The van der Waals surface area contributed by atoms with Crippen molar-refractivity contribution < 1.29 is 29.6 Å². The summed E-state index contributed by atoms with van der Waals surface area (Å²) in [7, 11) is 1.06. The van der Waals surface area contributed by atoms with Gasteiger partial charge in [0, 0.05) is 18.2 Å². The van der Waals surface area contributed by atoms with Gasteiger partial charge in [0.1, 0.15) is 6.29 Å². The van der Waals surface area contributed by atoms with E-state index in [2.05, 4.69) is 4.74 Å². The molecular weight excluding hydrogens is 228 g/mol. The average Bonchev–Trinajstić information content (AvgIpc) is 2.36. The molecule has 0 fully saturated rings. The van der Waals surface area contributed by atoms with Gasteiger partial charge in [-0.25, -0.2) is 4.79 Å². The highest BCUT2D eigenvalue weighted by atomic mass is 16.6. The van der Waals surface area contributed by atoms with Gasteiger partial charge in [0.15, 0.2) is 0 Å². The van der Waals surface area contributed by atoms with Gasteiger partial charge in [-0.05, 0) is 6.07 Å². The molecule has 2 unspecified atom stereocenters. The first-order chi connectivity index (χ1) is 7.95. The third-order valence-corrected chi connectivity index (χ3v) is 2.35. The van der Waals surface area contributed by atoms with Gasteiger partial charge in [0.05, 0.1) is 0 Å². The first kappa shape index (κ1) is 13.3. The lowest BCUT2D eigenvalue weighted by atomic mass is 9.98. The first-order valence-electron chi connectivity index (χ1n) is 4.70. The van der Waals surface area contributed by atoms with Crippen molar-refractivity contribution in [1.29, 1.82) is 0 Å². The number of hydrogen-bond donors (Lipinski definition) is 3. The molecule has 0 aliphatic rings. The van der Waals surface area contributed by atoms with E-state index in [0.717, 1.165) is 7.11 Å².